The molecule has 0 saturated carbocycles. The van der Waals surface area contributed by atoms with Gasteiger partial charge >= 0.3 is 0 Å². The number of carbonyl (C=O) groups is 2. The number of hydrogen-bond acceptors (Lipinski definition) is 6. The Labute approximate surface area is 235 Å². The number of anilines is 3. The number of ether oxygens (including phenoxy) is 1. The second-order valence-electron chi connectivity index (χ2n) is 9.35. The van der Waals surface area contributed by atoms with Gasteiger partial charge in [0.05, 0.1) is 38.6 Å². The molecule has 2 amide bonds. The van der Waals surface area contributed by atoms with Crippen molar-refractivity contribution in [3.8, 4) is 11.8 Å². The van der Waals surface area contributed by atoms with Gasteiger partial charge in [-0.15, -0.1) is 0 Å². The molecule has 0 aliphatic carbocycles. The zero-order valence-electron chi connectivity index (χ0n) is 21.3. The highest BCUT2D eigenvalue weighted by atomic mass is 35.5. The van der Waals surface area contributed by atoms with Gasteiger partial charge in [0.25, 0.3) is 11.8 Å². The van der Waals surface area contributed by atoms with E-state index in [1.807, 2.05) is 37.3 Å². The molecule has 4 aromatic carbocycles. The summed E-state index contributed by atoms with van der Waals surface area (Å²) in [6.45, 7) is 2.19. The van der Waals surface area contributed by atoms with Crippen molar-refractivity contribution in [1.29, 1.82) is 5.26 Å². The van der Waals surface area contributed by atoms with Crippen molar-refractivity contribution in [2.24, 2.45) is 0 Å². The summed E-state index contributed by atoms with van der Waals surface area (Å²) >= 11 is 6.54. The largest absolute Gasteiger partial charge is 0.487 e. The number of carbonyl (C=O) groups excluding carboxylic acids is 2. The fraction of sp³-hybridized carbons (Fsp3) is 0.0625. The third-order valence-electron chi connectivity index (χ3n) is 6.78. The maximum Gasteiger partial charge on any atom is 0.266 e. The number of fused-ring (bicyclic) bond motifs is 2. The second kappa shape index (κ2) is 10.2. The number of aromatic nitrogens is 1. The van der Waals surface area contributed by atoms with Crippen LogP contribution in [0.25, 0.3) is 10.9 Å². The number of rotatable bonds is 6. The summed E-state index contributed by atoms with van der Waals surface area (Å²) in [6, 6.07) is 27.5. The number of nitrogens with zero attached hydrogens (tertiary/aromatic N) is 3. The summed E-state index contributed by atoms with van der Waals surface area (Å²) in [4.78, 5) is 32.0. The van der Waals surface area contributed by atoms with Crippen molar-refractivity contribution >= 4 is 51.4 Å². The van der Waals surface area contributed by atoms with Gasteiger partial charge in [0.2, 0.25) is 0 Å². The monoisotopic (exact) mass is 544 g/mol. The molecule has 0 saturated heterocycles. The summed E-state index contributed by atoms with van der Waals surface area (Å²) in [5.41, 5.74) is 4.89. The predicted octanol–water partition coefficient (Wildman–Crippen LogP) is 7.19. The summed E-state index contributed by atoms with van der Waals surface area (Å²) in [6.07, 6.45) is 1.49. The van der Waals surface area contributed by atoms with Gasteiger partial charge in [-0.25, -0.2) is 4.90 Å². The van der Waals surface area contributed by atoms with Crippen molar-refractivity contribution < 1.29 is 14.3 Å². The first-order chi connectivity index (χ1) is 19.4. The lowest BCUT2D eigenvalue weighted by molar-refractivity contribution is 0.0926. The van der Waals surface area contributed by atoms with E-state index in [4.69, 9.17) is 16.3 Å². The van der Waals surface area contributed by atoms with Gasteiger partial charge < -0.3 is 10.1 Å². The third kappa shape index (κ3) is 4.41. The van der Waals surface area contributed by atoms with Crippen molar-refractivity contribution in [3.63, 3.8) is 0 Å². The Morgan fingerprint density at radius 3 is 2.33 bits per heavy atom. The molecule has 0 spiro atoms. The molecular formula is C32H21ClN4O3. The molecule has 6 rings (SSSR count). The van der Waals surface area contributed by atoms with Crippen molar-refractivity contribution in [2.45, 2.75) is 13.5 Å². The molecule has 0 radical (unpaired) electrons. The zero-order chi connectivity index (χ0) is 27.8. The average molecular weight is 545 g/mol. The molecule has 1 aliphatic rings. The number of halogens is 1. The maximum atomic E-state index is 13.2. The van der Waals surface area contributed by atoms with Crippen LogP contribution in [-0.4, -0.2) is 16.8 Å². The number of benzene rings is 4. The first-order valence-corrected chi connectivity index (χ1v) is 12.9. The van der Waals surface area contributed by atoms with E-state index < -0.39 is 0 Å². The molecule has 7 nitrogen and oxygen atoms in total. The third-order valence-corrected chi connectivity index (χ3v) is 7.07. The lowest BCUT2D eigenvalue weighted by atomic mass is 10.0. The lowest BCUT2D eigenvalue weighted by Crippen LogP contribution is -2.30. The van der Waals surface area contributed by atoms with E-state index in [-0.39, 0.29) is 11.8 Å². The van der Waals surface area contributed by atoms with Crippen LogP contribution >= 0.6 is 11.6 Å². The number of imide groups is 1. The summed E-state index contributed by atoms with van der Waals surface area (Å²) in [5, 5.41) is 14.2. The zero-order valence-corrected chi connectivity index (χ0v) is 22.1. The van der Waals surface area contributed by atoms with Crippen molar-refractivity contribution in [3.05, 3.63) is 124 Å². The summed E-state index contributed by atoms with van der Waals surface area (Å²) in [7, 11) is 0. The van der Waals surface area contributed by atoms with Crippen LogP contribution in [0, 0.1) is 18.3 Å². The molecule has 2 heterocycles. The molecular weight excluding hydrogens is 524 g/mol. The fourth-order valence-electron chi connectivity index (χ4n) is 4.78. The van der Waals surface area contributed by atoms with Gasteiger partial charge in [-0.2, -0.15) is 5.26 Å². The number of nitriles is 1. The van der Waals surface area contributed by atoms with Crippen LogP contribution in [0.1, 0.15) is 37.4 Å². The van der Waals surface area contributed by atoms with Gasteiger partial charge in [-0.1, -0.05) is 54.1 Å². The molecule has 5 aromatic rings. The lowest BCUT2D eigenvalue weighted by Gasteiger charge is -2.19. The van der Waals surface area contributed by atoms with Crippen LogP contribution < -0.4 is 15.0 Å². The molecule has 40 heavy (non-hydrogen) atoms. The van der Waals surface area contributed by atoms with E-state index >= 15 is 0 Å². The minimum atomic E-state index is -0.389. The molecule has 0 atom stereocenters. The molecule has 1 aliphatic heterocycles. The van der Waals surface area contributed by atoms with Crippen LogP contribution in [0.5, 0.6) is 5.75 Å². The normalized spacial score (nSPS) is 12.4. The van der Waals surface area contributed by atoms with E-state index in [0.29, 0.717) is 67.6 Å². The number of pyridine rings is 1. The average Bonchev–Trinajstić information content (AvgIpc) is 3.22. The van der Waals surface area contributed by atoms with Gasteiger partial charge in [-0.05, 0) is 60.5 Å². The number of hydrogen-bond donors (Lipinski definition) is 1. The Hall–Kier alpha value is -5.19. The predicted molar refractivity (Wildman–Crippen MR) is 154 cm³/mol. The Bertz CT molecular complexity index is 1830. The van der Waals surface area contributed by atoms with E-state index in [2.05, 4.69) is 16.4 Å². The van der Waals surface area contributed by atoms with E-state index in [0.717, 1.165) is 5.56 Å². The van der Waals surface area contributed by atoms with Gasteiger partial charge in [-0.3, -0.25) is 14.6 Å². The highest BCUT2D eigenvalue weighted by molar-refractivity contribution is 6.35. The van der Waals surface area contributed by atoms with Crippen LogP contribution in [0.2, 0.25) is 5.02 Å². The minimum Gasteiger partial charge on any atom is -0.487 e. The molecule has 0 fully saturated rings. The second-order valence-corrected chi connectivity index (χ2v) is 9.76. The Kier molecular flexibility index (Phi) is 6.39. The summed E-state index contributed by atoms with van der Waals surface area (Å²) in [5.74, 6) is -0.251. The van der Waals surface area contributed by atoms with E-state index in [1.165, 1.54) is 11.1 Å². The smallest absolute Gasteiger partial charge is 0.266 e. The highest BCUT2D eigenvalue weighted by Crippen LogP contribution is 2.38. The minimum absolute atomic E-state index is 0.296. The molecule has 1 aromatic heterocycles. The SMILES string of the molecule is Cc1cc2ncc(C#N)c(Nc3ccc(OCc4ccccc4)c(Cl)c3)c2cc1N1C(=O)c2ccccc2C1=O. The number of aryl methyl sites for hydroxylation is 1. The standard InChI is InChI=1S/C32H21ClN4O3/c1-19-13-27-25(15-28(19)37-31(38)23-9-5-6-10-24(23)32(37)39)30(21(16-34)17-35-27)36-22-11-12-29(26(33)14-22)40-18-20-7-3-2-4-8-20/h2-15,17H,18H2,1H3,(H,35,36). The first-order valence-electron chi connectivity index (χ1n) is 12.5. The Balaban J connectivity index is 1.36. The van der Waals surface area contributed by atoms with Crippen LogP contribution in [-0.2, 0) is 6.61 Å². The number of nitrogens with one attached hydrogen (secondary N) is 1. The van der Waals surface area contributed by atoms with Gasteiger partial charge in [0.15, 0.2) is 0 Å². The Morgan fingerprint density at radius 1 is 0.950 bits per heavy atom. The maximum absolute atomic E-state index is 13.2. The van der Waals surface area contributed by atoms with E-state index in [9.17, 15) is 14.9 Å². The van der Waals surface area contributed by atoms with Crippen LogP contribution in [0.4, 0.5) is 17.1 Å². The van der Waals surface area contributed by atoms with Crippen molar-refractivity contribution in [2.75, 3.05) is 10.2 Å². The molecule has 1 N–H and O–H groups in total. The Morgan fingerprint density at radius 2 is 1.65 bits per heavy atom. The number of amides is 2. The highest BCUT2D eigenvalue weighted by Gasteiger charge is 2.37. The first kappa shape index (κ1) is 25.1. The molecule has 194 valence electrons. The fourth-order valence-corrected chi connectivity index (χ4v) is 5.01. The van der Waals surface area contributed by atoms with E-state index in [1.54, 1.807) is 54.6 Å². The molecule has 8 heteroatoms. The molecule has 0 bridgehead atoms. The topological polar surface area (TPSA) is 95.3 Å². The van der Waals surface area contributed by atoms with Crippen LogP contribution in [0.3, 0.4) is 0 Å². The van der Waals surface area contributed by atoms with Crippen LogP contribution in [0.15, 0.2) is 91.1 Å². The summed E-state index contributed by atoms with van der Waals surface area (Å²) < 4.78 is 5.88. The quantitative estimate of drug-likeness (QED) is 0.227. The molecule has 0 unspecified atom stereocenters. The van der Waals surface area contributed by atoms with Gasteiger partial charge in [0, 0.05) is 17.3 Å². The van der Waals surface area contributed by atoms with Gasteiger partial charge in [0.1, 0.15) is 18.4 Å². The van der Waals surface area contributed by atoms with Crippen molar-refractivity contribution in [1.82, 2.24) is 4.98 Å².